The molecule has 1 amide bonds. The first-order valence-corrected chi connectivity index (χ1v) is 10.2. The van der Waals surface area contributed by atoms with Gasteiger partial charge in [0.05, 0.1) is 27.4 Å². The lowest BCUT2D eigenvalue weighted by Crippen LogP contribution is -2.24. The number of amides is 1. The molecule has 146 valence electrons. The predicted molar refractivity (Wildman–Crippen MR) is 114 cm³/mol. The molecule has 0 saturated carbocycles. The van der Waals surface area contributed by atoms with E-state index < -0.39 is 0 Å². The molecule has 0 unspecified atom stereocenters. The minimum absolute atomic E-state index is 0.0345. The van der Waals surface area contributed by atoms with E-state index in [9.17, 15) is 9.59 Å². The summed E-state index contributed by atoms with van der Waals surface area (Å²) in [5, 5.41) is 13.6. The van der Waals surface area contributed by atoms with Crippen LogP contribution >= 0.6 is 35.0 Å². The fourth-order valence-corrected chi connectivity index (χ4v) is 3.76. The Hall–Kier alpha value is -2.06. The van der Waals surface area contributed by atoms with E-state index in [1.54, 1.807) is 42.5 Å². The van der Waals surface area contributed by atoms with Crippen molar-refractivity contribution in [1.82, 2.24) is 9.55 Å². The van der Waals surface area contributed by atoms with E-state index in [1.807, 2.05) is 0 Å². The molecule has 0 aliphatic rings. The number of anilines is 1. The summed E-state index contributed by atoms with van der Waals surface area (Å²) in [5.74, 6) is -0.266. The monoisotopic (exact) mass is 437 g/mol. The molecule has 0 aliphatic carbocycles. The lowest BCUT2D eigenvalue weighted by Gasteiger charge is -2.13. The van der Waals surface area contributed by atoms with E-state index in [-0.39, 0.29) is 23.8 Å². The number of aliphatic hydroxyl groups excluding tert-OH is 1. The maximum atomic E-state index is 12.8. The summed E-state index contributed by atoms with van der Waals surface area (Å²) in [7, 11) is 0. The number of carbonyl (C=O) groups excluding carboxylic acids is 1. The first-order chi connectivity index (χ1) is 13.5. The molecule has 3 rings (SSSR count). The highest BCUT2D eigenvalue weighted by Gasteiger charge is 2.14. The van der Waals surface area contributed by atoms with Crippen molar-refractivity contribution < 1.29 is 9.90 Å². The molecule has 9 heteroatoms. The number of aromatic nitrogens is 2. The fraction of sp³-hybridized carbons (Fsp3) is 0.211. The number of halogens is 2. The molecule has 3 aromatic rings. The van der Waals surface area contributed by atoms with E-state index in [0.29, 0.717) is 44.8 Å². The number of nitrogens with one attached hydrogen (secondary N) is 1. The van der Waals surface area contributed by atoms with Gasteiger partial charge < -0.3 is 10.4 Å². The van der Waals surface area contributed by atoms with Crippen LogP contribution in [0.5, 0.6) is 0 Å². The zero-order valence-electron chi connectivity index (χ0n) is 14.7. The molecule has 6 nitrogen and oxygen atoms in total. The average molecular weight is 438 g/mol. The number of aliphatic hydroxyl groups is 1. The second-order valence-corrected chi connectivity index (χ2v) is 7.69. The summed E-state index contributed by atoms with van der Waals surface area (Å²) < 4.78 is 1.49. The van der Waals surface area contributed by atoms with Crippen molar-refractivity contribution in [3.8, 4) is 0 Å². The fourth-order valence-electron chi connectivity index (χ4n) is 2.59. The minimum atomic E-state index is -0.301. The first-order valence-electron chi connectivity index (χ1n) is 8.47. The minimum Gasteiger partial charge on any atom is -0.396 e. The van der Waals surface area contributed by atoms with Crippen molar-refractivity contribution in [2.45, 2.75) is 18.1 Å². The highest BCUT2D eigenvalue weighted by molar-refractivity contribution is 7.99. The summed E-state index contributed by atoms with van der Waals surface area (Å²) in [6, 6.07) is 11.8. The number of hydrogen-bond acceptors (Lipinski definition) is 5. The maximum absolute atomic E-state index is 12.8. The van der Waals surface area contributed by atoms with Crippen LogP contribution in [0.15, 0.2) is 52.4 Å². The van der Waals surface area contributed by atoms with Crippen LogP contribution in [0.2, 0.25) is 10.0 Å². The standard InChI is InChI=1S/C19H17Cl2N3O3S/c20-12-6-7-14(21)16(10-12)22-17(26)11-28-19-23-15-5-2-1-4-13(15)18(27)24(19)8-3-9-25/h1-2,4-7,10,25H,3,8-9,11H2,(H,22,26). The van der Waals surface area contributed by atoms with Crippen LogP contribution in [0.25, 0.3) is 10.9 Å². The molecule has 0 fully saturated rings. The smallest absolute Gasteiger partial charge is 0.262 e. The van der Waals surface area contributed by atoms with E-state index >= 15 is 0 Å². The van der Waals surface area contributed by atoms with Crippen LogP contribution in [-0.4, -0.2) is 32.9 Å². The largest absolute Gasteiger partial charge is 0.396 e. The number of rotatable bonds is 7. The van der Waals surface area contributed by atoms with E-state index in [4.69, 9.17) is 28.3 Å². The summed E-state index contributed by atoms with van der Waals surface area (Å²) in [5.41, 5.74) is 0.789. The summed E-state index contributed by atoms with van der Waals surface area (Å²) >= 11 is 13.1. The molecule has 0 atom stereocenters. The van der Waals surface area contributed by atoms with Gasteiger partial charge in [-0.25, -0.2) is 4.98 Å². The van der Waals surface area contributed by atoms with E-state index in [0.717, 1.165) is 11.8 Å². The predicted octanol–water partition coefficient (Wildman–Crippen LogP) is 3.82. The van der Waals surface area contributed by atoms with Crippen LogP contribution in [0.1, 0.15) is 6.42 Å². The third-order valence-electron chi connectivity index (χ3n) is 3.90. The molecule has 0 aliphatic heterocycles. The van der Waals surface area contributed by atoms with Gasteiger partial charge in [0, 0.05) is 18.2 Å². The van der Waals surface area contributed by atoms with Crippen molar-refractivity contribution in [2.75, 3.05) is 17.7 Å². The number of fused-ring (bicyclic) bond motifs is 1. The zero-order valence-corrected chi connectivity index (χ0v) is 17.0. The van der Waals surface area contributed by atoms with Crippen molar-refractivity contribution in [2.24, 2.45) is 0 Å². The van der Waals surface area contributed by atoms with Crippen molar-refractivity contribution in [1.29, 1.82) is 0 Å². The highest BCUT2D eigenvalue weighted by atomic mass is 35.5. The zero-order chi connectivity index (χ0) is 20.1. The number of hydrogen-bond donors (Lipinski definition) is 2. The summed E-state index contributed by atoms with van der Waals surface area (Å²) in [6.45, 7) is 0.272. The van der Waals surface area contributed by atoms with Gasteiger partial charge >= 0.3 is 0 Å². The number of carbonyl (C=O) groups is 1. The molecule has 1 heterocycles. The number of benzene rings is 2. The summed E-state index contributed by atoms with van der Waals surface area (Å²) in [4.78, 5) is 29.6. The van der Waals surface area contributed by atoms with Gasteiger partial charge in [-0.3, -0.25) is 14.2 Å². The van der Waals surface area contributed by atoms with E-state index in [1.165, 1.54) is 4.57 Å². The molecular weight excluding hydrogens is 421 g/mol. The quantitative estimate of drug-likeness (QED) is 0.433. The van der Waals surface area contributed by atoms with Crippen LogP contribution in [0.4, 0.5) is 5.69 Å². The van der Waals surface area contributed by atoms with Gasteiger partial charge in [0.15, 0.2) is 5.16 Å². The SMILES string of the molecule is O=C(CSc1nc2ccccc2c(=O)n1CCCO)Nc1cc(Cl)ccc1Cl. The van der Waals surface area contributed by atoms with Gasteiger partial charge in [-0.05, 0) is 36.8 Å². The highest BCUT2D eigenvalue weighted by Crippen LogP contribution is 2.26. The van der Waals surface area contributed by atoms with Crippen molar-refractivity contribution >= 4 is 57.5 Å². The number of nitrogens with zero attached hydrogens (tertiary/aromatic N) is 2. The Morgan fingerprint density at radius 3 is 2.79 bits per heavy atom. The van der Waals surface area contributed by atoms with Crippen LogP contribution in [0.3, 0.4) is 0 Å². The Bertz CT molecular complexity index is 1070. The first kappa shape index (κ1) is 20.7. The normalized spacial score (nSPS) is 11.0. The lowest BCUT2D eigenvalue weighted by atomic mass is 10.2. The van der Waals surface area contributed by atoms with Gasteiger partial charge in [-0.15, -0.1) is 0 Å². The topological polar surface area (TPSA) is 84.2 Å². The molecule has 0 bridgehead atoms. The molecule has 0 radical (unpaired) electrons. The molecule has 2 N–H and O–H groups in total. The third-order valence-corrected chi connectivity index (χ3v) is 5.44. The molecule has 2 aromatic carbocycles. The number of thioether (sulfide) groups is 1. The maximum Gasteiger partial charge on any atom is 0.262 e. The Kier molecular flexibility index (Phi) is 6.96. The van der Waals surface area contributed by atoms with Gasteiger partial charge in [-0.1, -0.05) is 47.1 Å². The Morgan fingerprint density at radius 2 is 2.00 bits per heavy atom. The van der Waals surface area contributed by atoms with Gasteiger partial charge in [0.25, 0.3) is 5.56 Å². The third kappa shape index (κ3) is 4.86. The van der Waals surface area contributed by atoms with Gasteiger partial charge in [0.1, 0.15) is 0 Å². The summed E-state index contributed by atoms with van der Waals surface area (Å²) in [6.07, 6.45) is 0.414. The van der Waals surface area contributed by atoms with Crippen LogP contribution in [0, 0.1) is 0 Å². The number of para-hydroxylation sites is 1. The Labute approximate surface area is 175 Å². The Balaban J connectivity index is 1.81. The molecule has 28 heavy (non-hydrogen) atoms. The van der Waals surface area contributed by atoms with Crippen molar-refractivity contribution in [3.63, 3.8) is 0 Å². The molecule has 0 spiro atoms. The lowest BCUT2D eigenvalue weighted by molar-refractivity contribution is -0.113. The molecule has 1 aromatic heterocycles. The van der Waals surface area contributed by atoms with Crippen molar-refractivity contribution in [3.05, 3.63) is 62.9 Å². The molecule has 0 saturated heterocycles. The van der Waals surface area contributed by atoms with Crippen LogP contribution < -0.4 is 10.9 Å². The van der Waals surface area contributed by atoms with Crippen LogP contribution in [-0.2, 0) is 11.3 Å². The van der Waals surface area contributed by atoms with Gasteiger partial charge in [0.2, 0.25) is 5.91 Å². The second-order valence-electron chi connectivity index (χ2n) is 5.91. The average Bonchev–Trinajstić information content (AvgIpc) is 2.69. The molecular formula is C19H17Cl2N3O3S. The van der Waals surface area contributed by atoms with Gasteiger partial charge in [-0.2, -0.15) is 0 Å². The Morgan fingerprint density at radius 1 is 1.21 bits per heavy atom. The van der Waals surface area contributed by atoms with E-state index in [2.05, 4.69) is 10.3 Å². The second kappa shape index (κ2) is 9.43.